The predicted octanol–water partition coefficient (Wildman–Crippen LogP) is 4.10. The Balaban J connectivity index is 1.97. The maximum atomic E-state index is 6.08. The van der Waals surface area contributed by atoms with Gasteiger partial charge in [0.2, 0.25) is 0 Å². The summed E-state index contributed by atoms with van der Waals surface area (Å²) in [7, 11) is 1.68. The van der Waals surface area contributed by atoms with E-state index in [4.69, 9.17) is 16.3 Å². The summed E-state index contributed by atoms with van der Waals surface area (Å²) >= 11 is 7.80. The van der Waals surface area contributed by atoms with Crippen molar-refractivity contribution in [2.24, 2.45) is 5.92 Å². The molecule has 0 spiro atoms. The van der Waals surface area contributed by atoms with Gasteiger partial charge in [0.1, 0.15) is 5.75 Å². The van der Waals surface area contributed by atoms with E-state index in [1.807, 2.05) is 19.1 Å². The lowest BCUT2D eigenvalue weighted by Gasteiger charge is -2.12. The monoisotopic (exact) mass is 295 g/mol. The SMILES string of the molecule is COc1ccc(CC(CCl)Cc2nc(C)cs2)cc1. The summed E-state index contributed by atoms with van der Waals surface area (Å²) in [5.41, 5.74) is 2.39. The molecule has 0 saturated carbocycles. The summed E-state index contributed by atoms with van der Waals surface area (Å²) in [6.07, 6.45) is 1.93. The van der Waals surface area contributed by atoms with Crippen molar-refractivity contribution in [3.8, 4) is 5.75 Å². The molecular formula is C15H18ClNOS. The van der Waals surface area contributed by atoms with Gasteiger partial charge < -0.3 is 4.74 Å². The van der Waals surface area contributed by atoms with E-state index in [1.54, 1.807) is 18.4 Å². The topological polar surface area (TPSA) is 22.1 Å². The lowest BCUT2D eigenvalue weighted by atomic mass is 9.98. The molecular weight excluding hydrogens is 278 g/mol. The Bertz CT molecular complexity index is 509. The summed E-state index contributed by atoms with van der Waals surface area (Å²) in [6.45, 7) is 2.03. The van der Waals surface area contributed by atoms with Crippen molar-refractivity contribution in [3.05, 3.63) is 45.9 Å². The Morgan fingerprint density at radius 2 is 2.00 bits per heavy atom. The van der Waals surface area contributed by atoms with Crippen molar-refractivity contribution in [1.82, 2.24) is 4.98 Å². The largest absolute Gasteiger partial charge is 0.497 e. The van der Waals surface area contributed by atoms with Crippen LogP contribution in [0.1, 0.15) is 16.3 Å². The molecule has 2 rings (SSSR count). The highest BCUT2D eigenvalue weighted by atomic mass is 35.5. The molecule has 0 aliphatic carbocycles. The molecule has 0 fully saturated rings. The maximum absolute atomic E-state index is 6.08. The number of halogens is 1. The van der Waals surface area contributed by atoms with Gasteiger partial charge >= 0.3 is 0 Å². The zero-order valence-corrected chi connectivity index (χ0v) is 12.8. The van der Waals surface area contributed by atoms with Crippen LogP contribution in [0.4, 0.5) is 0 Å². The fraction of sp³-hybridized carbons (Fsp3) is 0.400. The van der Waals surface area contributed by atoms with Gasteiger partial charge in [-0.15, -0.1) is 22.9 Å². The van der Waals surface area contributed by atoms with Crippen LogP contribution in [-0.4, -0.2) is 18.0 Å². The molecule has 1 aromatic carbocycles. The second kappa shape index (κ2) is 6.92. The molecule has 102 valence electrons. The Hall–Kier alpha value is -1.06. The minimum Gasteiger partial charge on any atom is -0.497 e. The van der Waals surface area contributed by atoms with E-state index in [0.29, 0.717) is 11.8 Å². The molecule has 1 heterocycles. The lowest BCUT2D eigenvalue weighted by molar-refractivity contribution is 0.414. The highest BCUT2D eigenvalue weighted by Crippen LogP contribution is 2.20. The van der Waals surface area contributed by atoms with Crippen LogP contribution in [0.2, 0.25) is 0 Å². The number of thiazole rings is 1. The average molecular weight is 296 g/mol. The van der Waals surface area contributed by atoms with Gasteiger partial charge in [0.15, 0.2) is 0 Å². The zero-order chi connectivity index (χ0) is 13.7. The summed E-state index contributed by atoms with van der Waals surface area (Å²) in [4.78, 5) is 4.51. The van der Waals surface area contributed by atoms with Crippen LogP contribution in [0.5, 0.6) is 5.75 Å². The van der Waals surface area contributed by atoms with Crippen molar-refractivity contribution < 1.29 is 4.74 Å². The molecule has 0 bridgehead atoms. The smallest absolute Gasteiger partial charge is 0.118 e. The summed E-state index contributed by atoms with van der Waals surface area (Å²) in [6, 6.07) is 8.19. The Kier molecular flexibility index (Phi) is 5.23. The average Bonchev–Trinajstić information content (AvgIpc) is 2.84. The molecule has 0 radical (unpaired) electrons. The van der Waals surface area contributed by atoms with Crippen LogP contribution in [0.15, 0.2) is 29.6 Å². The van der Waals surface area contributed by atoms with Crippen molar-refractivity contribution in [2.75, 3.05) is 13.0 Å². The minimum atomic E-state index is 0.431. The van der Waals surface area contributed by atoms with Crippen LogP contribution in [0.3, 0.4) is 0 Å². The van der Waals surface area contributed by atoms with Gasteiger partial charge in [-0.3, -0.25) is 0 Å². The molecule has 0 N–H and O–H groups in total. The first kappa shape index (κ1) is 14.4. The van der Waals surface area contributed by atoms with Gasteiger partial charge in [0.05, 0.1) is 12.1 Å². The molecule has 0 saturated heterocycles. The molecule has 1 atom stereocenters. The third-order valence-electron chi connectivity index (χ3n) is 3.03. The third kappa shape index (κ3) is 4.22. The summed E-state index contributed by atoms with van der Waals surface area (Å²) < 4.78 is 5.16. The minimum absolute atomic E-state index is 0.431. The number of rotatable bonds is 6. The van der Waals surface area contributed by atoms with Gasteiger partial charge in [-0.05, 0) is 37.0 Å². The van der Waals surface area contributed by atoms with Gasteiger partial charge in [0.25, 0.3) is 0 Å². The Morgan fingerprint density at radius 1 is 1.26 bits per heavy atom. The van der Waals surface area contributed by atoms with E-state index in [0.717, 1.165) is 24.3 Å². The number of hydrogen-bond acceptors (Lipinski definition) is 3. The number of hydrogen-bond donors (Lipinski definition) is 0. The number of aromatic nitrogens is 1. The van der Waals surface area contributed by atoms with Crippen molar-refractivity contribution in [1.29, 1.82) is 0 Å². The van der Waals surface area contributed by atoms with E-state index in [2.05, 4.69) is 22.5 Å². The summed E-state index contributed by atoms with van der Waals surface area (Å²) in [5, 5.41) is 3.27. The van der Waals surface area contributed by atoms with Crippen LogP contribution in [0.25, 0.3) is 0 Å². The molecule has 0 amide bonds. The molecule has 1 aromatic heterocycles. The predicted molar refractivity (Wildman–Crippen MR) is 81.5 cm³/mol. The van der Waals surface area contributed by atoms with Crippen LogP contribution in [0, 0.1) is 12.8 Å². The van der Waals surface area contributed by atoms with E-state index >= 15 is 0 Å². The molecule has 4 heteroatoms. The van der Waals surface area contributed by atoms with Crippen LogP contribution in [-0.2, 0) is 12.8 Å². The fourth-order valence-electron chi connectivity index (χ4n) is 2.02. The molecule has 2 nitrogen and oxygen atoms in total. The standard InChI is InChI=1S/C15H18ClNOS/c1-11-10-19-15(17-11)8-13(9-16)7-12-3-5-14(18-2)6-4-12/h3-6,10,13H,7-9H2,1-2H3. The highest BCUT2D eigenvalue weighted by molar-refractivity contribution is 7.09. The lowest BCUT2D eigenvalue weighted by Crippen LogP contribution is -2.10. The molecule has 1 unspecified atom stereocenters. The van der Waals surface area contributed by atoms with E-state index in [-0.39, 0.29) is 0 Å². The first-order chi connectivity index (χ1) is 9.21. The number of nitrogens with zero attached hydrogens (tertiary/aromatic N) is 1. The Labute approximate surface area is 123 Å². The molecule has 19 heavy (non-hydrogen) atoms. The normalized spacial score (nSPS) is 12.4. The van der Waals surface area contributed by atoms with Gasteiger partial charge in [-0.25, -0.2) is 4.98 Å². The first-order valence-electron chi connectivity index (χ1n) is 6.31. The van der Waals surface area contributed by atoms with Crippen molar-refractivity contribution in [2.45, 2.75) is 19.8 Å². The second-order valence-electron chi connectivity index (χ2n) is 4.66. The maximum Gasteiger partial charge on any atom is 0.118 e. The van der Waals surface area contributed by atoms with Gasteiger partial charge in [-0.1, -0.05) is 12.1 Å². The Morgan fingerprint density at radius 3 is 2.53 bits per heavy atom. The quantitative estimate of drug-likeness (QED) is 0.749. The van der Waals surface area contributed by atoms with Crippen molar-refractivity contribution >= 4 is 22.9 Å². The van der Waals surface area contributed by atoms with Gasteiger partial charge in [-0.2, -0.15) is 0 Å². The fourth-order valence-corrected chi connectivity index (χ4v) is 3.13. The molecule has 2 aromatic rings. The number of aryl methyl sites for hydroxylation is 1. The second-order valence-corrected chi connectivity index (χ2v) is 5.91. The molecule has 0 aliphatic rings. The highest BCUT2D eigenvalue weighted by Gasteiger charge is 2.12. The van der Waals surface area contributed by atoms with Crippen LogP contribution >= 0.6 is 22.9 Å². The number of alkyl halides is 1. The van der Waals surface area contributed by atoms with E-state index in [9.17, 15) is 0 Å². The number of methoxy groups -OCH3 is 1. The zero-order valence-electron chi connectivity index (χ0n) is 11.2. The number of ether oxygens (including phenoxy) is 1. The first-order valence-corrected chi connectivity index (χ1v) is 7.72. The van der Waals surface area contributed by atoms with E-state index in [1.165, 1.54) is 10.6 Å². The van der Waals surface area contributed by atoms with Crippen LogP contribution < -0.4 is 4.74 Å². The summed E-state index contributed by atoms with van der Waals surface area (Å²) in [5.74, 6) is 1.98. The van der Waals surface area contributed by atoms with Gasteiger partial charge in [0, 0.05) is 23.4 Å². The number of benzene rings is 1. The van der Waals surface area contributed by atoms with E-state index < -0.39 is 0 Å². The van der Waals surface area contributed by atoms with Crippen molar-refractivity contribution in [3.63, 3.8) is 0 Å². The third-order valence-corrected chi connectivity index (χ3v) is 4.46. The molecule has 0 aliphatic heterocycles.